The van der Waals surface area contributed by atoms with Gasteiger partial charge in [0.25, 0.3) is 0 Å². The molecule has 4 rings (SSSR count). The molecule has 0 saturated carbocycles. The van der Waals surface area contributed by atoms with Crippen molar-refractivity contribution in [2.45, 2.75) is 44.8 Å². The van der Waals surface area contributed by atoms with E-state index in [2.05, 4.69) is 21.6 Å². The van der Waals surface area contributed by atoms with Crippen molar-refractivity contribution in [1.29, 1.82) is 0 Å². The van der Waals surface area contributed by atoms with Crippen molar-refractivity contribution in [1.82, 2.24) is 15.1 Å². The monoisotopic (exact) mass is 345 g/mol. The molecule has 1 amide bonds. The first-order chi connectivity index (χ1) is 11.8. The Bertz CT molecular complexity index is 676. The molecule has 2 aromatic heterocycles. The SMILES string of the molecule is O=C(C1CCc2cn[nH]c2C1)N(Cc1cccs1)CC1CCCO1. The Kier molecular flexibility index (Phi) is 4.67. The summed E-state index contributed by atoms with van der Waals surface area (Å²) in [5, 5.41) is 9.25. The fraction of sp³-hybridized carbons (Fsp3) is 0.556. The van der Waals surface area contributed by atoms with Gasteiger partial charge in [0.1, 0.15) is 0 Å². The van der Waals surface area contributed by atoms with Crippen LogP contribution in [-0.2, 0) is 28.9 Å². The highest BCUT2D eigenvalue weighted by molar-refractivity contribution is 7.09. The van der Waals surface area contributed by atoms with Gasteiger partial charge >= 0.3 is 0 Å². The number of hydrogen-bond donors (Lipinski definition) is 1. The lowest BCUT2D eigenvalue weighted by atomic mass is 9.87. The first-order valence-corrected chi connectivity index (χ1v) is 9.61. The van der Waals surface area contributed by atoms with Gasteiger partial charge in [-0.25, -0.2) is 0 Å². The van der Waals surface area contributed by atoms with Gasteiger partial charge in [0.2, 0.25) is 5.91 Å². The lowest BCUT2D eigenvalue weighted by Gasteiger charge is -2.30. The molecule has 24 heavy (non-hydrogen) atoms. The molecule has 1 saturated heterocycles. The molecular weight excluding hydrogens is 322 g/mol. The average molecular weight is 345 g/mol. The average Bonchev–Trinajstić information content (AvgIpc) is 3.35. The summed E-state index contributed by atoms with van der Waals surface area (Å²) >= 11 is 1.71. The maximum atomic E-state index is 13.2. The number of fused-ring (bicyclic) bond motifs is 1. The van der Waals surface area contributed by atoms with E-state index in [-0.39, 0.29) is 17.9 Å². The minimum Gasteiger partial charge on any atom is -0.376 e. The van der Waals surface area contributed by atoms with Crippen LogP contribution in [0.25, 0.3) is 0 Å². The number of thiophene rings is 1. The number of nitrogens with one attached hydrogen (secondary N) is 1. The Labute approximate surface area is 146 Å². The number of aryl methyl sites for hydroxylation is 1. The molecule has 6 heteroatoms. The van der Waals surface area contributed by atoms with E-state index in [9.17, 15) is 4.79 Å². The van der Waals surface area contributed by atoms with Gasteiger partial charge in [-0.1, -0.05) is 6.07 Å². The van der Waals surface area contributed by atoms with Crippen LogP contribution in [0.2, 0.25) is 0 Å². The Morgan fingerprint density at radius 3 is 3.21 bits per heavy atom. The van der Waals surface area contributed by atoms with Crippen molar-refractivity contribution < 1.29 is 9.53 Å². The number of nitrogens with zero attached hydrogens (tertiary/aromatic N) is 2. The largest absolute Gasteiger partial charge is 0.376 e. The van der Waals surface area contributed by atoms with Gasteiger partial charge in [-0.05, 0) is 42.7 Å². The molecule has 5 nitrogen and oxygen atoms in total. The summed E-state index contributed by atoms with van der Waals surface area (Å²) in [6.07, 6.45) is 6.88. The van der Waals surface area contributed by atoms with Gasteiger partial charge in [0.05, 0.1) is 18.8 Å². The Morgan fingerprint density at radius 2 is 2.42 bits per heavy atom. The number of ether oxygens (including phenoxy) is 1. The van der Waals surface area contributed by atoms with Crippen molar-refractivity contribution >= 4 is 17.2 Å². The zero-order chi connectivity index (χ0) is 16.4. The maximum absolute atomic E-state index is 13.2. The lowest BCUT2D eigenvalue weighted by molar-refractivity contribution is -0.138. The minimum absolute atomic E-state index is 0.0549. The van der Waals surface area contributed by atoms with E-state index in [0.29, 0.717) is 13.1 Å². The quantitative estimate of drug-likeness (QED) is 0.906. The molecule has 1 N–H and O–H groups in total. The Balaban J connectivity index is 1.47. The second-order valence-electron chi connectivity index (χ2n) is 6.75. The van der Waals surface area contributed by atoms with E-state index in [0.717, 1.165) is 44.4 Å². The first-order valence-electron chi connectivity index (χ1n) is 8.73. The number of carbonyl (C=O) groups is 1. The summed E-state index contributed by atoms with van der Waals surface area (Å²) in [6.45, 7) is 2.23. The van der Waals surface area contributed by atoms with Crippen molar-refractivity contribution in [2.24, 2.45) is 5.92 Å². The zero-order valence-electron chi connectivity index (χ0n) is 13.7. The third-order valence-electron chi connectivity index (χ3n) is 5.06. The van der Waals surface area contributed by atoms with E-state index in [1.807, 2.05) is 17.2 Å². The van der Waals surface area contributed by atoms with E-state index in [4.69, 9.17) is 4.74 Å². The number of rotatable bonds is 5. The number of aromatic nitrogens is 2. The number of aromatic amines is 1. The molecule has 1 fully saturated rings. The number of H-pyrrole nitrogens is 1. The van der Waals surface area contributed by atoms with Gasteiger partial charge in [-0.3, -0.25) is 9.89 Å². The van der Waals surface area contributed by atoms with Gasteiger partial charge in [-0.15, -0.1) is 11.3 Å². The molecule has 0 spiro atoms. The van der Waals surface area contributed by atoms with Crippen LogP contribution < -0.4 is 0 Å². The number of carbonyl (C=O) groups excluding carboxylic acids is 1. The topological polar surface area (TPSA) is 58.2 Å². The molecule has 128 valence electrons. The summed E-state index contributed by atoms with van der Waals surface area (Å²) in [5.41, 5.74) is 2.40. The molecule has 1 aliphatic heterocycles. The van der Waals surface area contributed by atoms with Crippen LogP contribution in [0.4, 0.5) is 0 Å². The third kappa shape index (κ3) is 3.39. The van der Waals surface area contributed by atoms with Crippen molar-refractivity contribution in [3.05, 3.63) is 39.8 Å². The van der Waals surface area contributed by atoms with Crippen LogP contribution >= 0.6 is 11.3 Å². The van der Waals surface area contributed by atoms with Crippen LogP contribution in [0.1, 0.15) is 35.4 Å². The highest BCUT2D eigenvalue weighted by atomic mass is 32.1. The summed E-state index contributed by atoms with van der Waals surface area (Å²) in [4.78, 5) is 16.4. The van der Waals surface area contributed by atoms with Crippen LogP contribution in [0, 0.1) is 5.92 Å². The van der Waals surface area contributed by atoms with Gasteiger partial charge in [0, 0.05) is 36.1 Å². The second-order valence-corrected chi connectivity index (χ2v) is 7.78. The van der Waals surface area contributed by atoms with Crippen molar-refractivity contribution in [3.63, 3.8) is 0 Å². The lowest BCUT2D eigenvalue weighted by Crippen LogP contribution is -2.41. The summed E-state index contributed by atoms with van der Waals surface area (Å²) in [5.74, 6) is 0.318. The second kappa shape index (κ2) is 7.07. The van der Waals surface area contributed by atoms with Crippen molar-refractivity contribution in [3.8, 4) is 0 Å². The predicted molar refractivity (Wildman–Crippen MR) is 92.8 cm³/mol. The summed E-state index contributed by atoms with van der Waals surface area (Å²) < 4.78 is 5.78. The van der Waals surface area contributed by atoms with E-state index >= 15 is 0 Å². The minimum atomic E-state index is 0.0549. The fourth-order valence-corrected chi connectivity index (χ4v) is 4.45. The molecule has 1 aliphatic carbocycles. The molecule has 2 atom stereocenters. The summed E-state index contributed by atoms with van der Waals surface area (Å²) in [7, 11) is 0. The normalized spacial score (nSPS) is 23.2. The van der Waals surface area contributed by atoms with Gasteiger partial charge < -0.3 is 9.64 Å². The molecule has 2 aliphatic rings. The highest BCUT2D eigenvalue weighted by Crippen LogP contribution is 2.27. The fourth-order valence-electron chi connectivity index (χ4n) is 3.73. The molecule has 0 radical (unpaired) electrons. The molecule has 2 unspecified atom stereocenters. The Hall–Kier alpha value is -1.66. The molecule has 0 aromatic carbocycles. The van der Waals surface area contributed by atoms with Crippen molar-refractivity contribution in [2.75, 3.05) is 13.2 Å². The molecule has 0 bridgehead atoms. The van der Waals surface area contributed by atoms with Gasteiger partial charge in [0.15, 0.2) is 0 Å². The van der Waals surface area contributed by atoms with E-state index < -0.39 is 0 Å². The standard InChI is InChI=1S/C18H23N3O2S/c22-18(13-5-6-14-10-19-20-17(14)9-13)21(11-15-3-1-7-23-15)12-16-4-2-8-24-16/h2,4,8,10,13,15H,1,3,5-7,9,11-12H2,(H,19,20). The molecular formula is C18H23N3O2S. The van der Waals surface area contributed by atoms with E-state index in [1.54, 1.807) is 11.3 Å². The van der Waals surface area contributed by atoms with Gasteiger partial charge in [-0.2, -0.15) is 5.10 Å². The van der Waals surface area contributed by atoms with E-state index in [1.165, 1.54) is 10.4 Å². The van der Waals surface area contributed by atoms with Crippen LogP contribution in [-0.4, -0.2) is 40.3 Å². The zero-order valence-corrected chi connectivity index (χ0v) is 14.6. The van der Waals surface area contributed by atoms with Crippen LogP contribution in [0.5, 0.6) is 0 Å². The Morgan fingerprint density at radius 1 is 1.46 bits per heavy atom. The molecule has 3 heterocycles. The van der Waals surface area contributed by atoms with Crippen LogP contribution in [0.15, 0.2) is 23.7 Å². The molecule has 2 aromatic rings. The first kappa shape index (κ1) is 15.8. The number of hydrogen-bond acceptors (Lipinski definition) is 4. The third-order valence-corrected chi connectivity index (χ3v) is 5.92. The highest BCUT2D eigenvalue weighted by Gasteiger charge is 2.31. The predicted octanol–water partition coefficient (Wildman–Crippen LogP) is 2.78. The smallest absolute Gasteiger partial charge is 0.226 e. The number of amides is 1. The summed E-state index contributed by atoms with van der Waals surface area (Å²) in [6, 6.07) is 4.15. The van der Waals surface area contributed by atoms with Crippen LogP contribution in [0.3, 0.4) is 0 Å². The maximum Gasteiger partial charge on any atom is 0.226 e.